The van der Waals surface area contributed by atoms with E-state index in [0.29, 0.717) is 25.7 Å². The third-order valence-electron chi connectivity index (χ3n) is 2.92. The molecule has 0 spiro atoms. The van der Waals surface area contributed by atoms with E-state index in [4.69, 9.17) is 4.74 Å². The minimum Gasteiger partial charge on any atom is -0.383 e. The molecule has 0 aliphatic carbocycles. The summed E-state index contributed by atoms with van der Waals surface area (Å²) >= 11 is 0. The smallest absolute Gasteiger partial charge is 0.234 e. The van der Waals surface area contributed by atoms with Crippen LogP contribution in [0.3, 0.4) is 0 Å². The largest absolute Gasteiger partial charge is 0.383 e. The first-order chi connectivity index (χ1) is 7.24. The second-order valence-corrected chi connectivity index (χ2v) is 4.16. The summed E-state index contributed by atoms with van der Waals surface area (Å²) in [6.45, 7) is 4.98. The van der Waals surface area contributed by atoms with Crippen LogP contribution in [0.1, 0.15) is 26.2 Å². The number of rotatable bonds is 5. The number of hydrogen-bond donors (Lipinski definition) is 1. The molecule has 1 atom stereocenters. The van der Waals surface area contributed by atoms with Crippen molar-refractivity contribution < 1.29 is 9.53 Å². The Labute approximate surface area is 92.0 Å². The van der Waals surface area contributed by atoms with E-state index in [1.165, 1.54) is 19.3 Å². The van der Waals surface area contributed by atoms with Crippen molar-refractivity contribution in [2.24, 2.45) is 0 Å². The van der Waals surface area contributed by atoms with Crippen molar-refractivity contribution in [2.75, 3.05) is 33.4 Å². The number of ether oxygens (including phenoxy) is 1. The molecule has 1 heterocycles. The monoisotopic (exact) mass is 214 g/mol. The molecular formula is C11H22N2O2. The van der Waals surface area contributed by atoms with E-state index in [-0.39, 0.29) is 5.91 Å². The highest BCUT2D eigenvalue weighted by Gasteiger charge is 2.19. The topological polar surface area (TPSA) is 41.6 Å². The van der Waals surface area contributed by atoms with Crippen molar-refractivity contribution in [1.29, 1.82) is 0 Å². The Morgan fingerprint density at radius 3 is 3.00 bits per heavy atom. The molecule has 1 saturated heterocycles. The van der Waals surface area contributed by atoms with Crippen LogP contribution >= 0.6 is 0 Å². The maximum absolute atomic E-state index is 11.5. The summed E-state index contributed by atoms with van der Waals surface area (Å²) in [5.74, 6) is 0.112. The van der Waals surface area contributed by atoms with Gasteiger partial charge in [-0.25, -0.2) is 0 Å². The average molecular weight is 214 g/mol. The second-order valence-electron chi connectivity index (χ2n) is 4.16. The zero-order valence-electron chi connectivity index (χ0n) is 9.79. The van der Waals surface area contributed by atoms with Gasteiger partial charge in [-0.2, -0.15) is 0 Å². The minimum absolute atomic E-state index is 0.112. The summed E-state index contributed by atoms with van der Waals surface area (Å²) in [4.78, 5) is 13.8. The molecule has 0 saturated carbocycles. The molecule has 1 rings (SSSR count). The lowest BCUT2D eigenvalue weighted by Gasteiger charge is -2.32. The molecule has 4 heteroatoms. The normalized spacial score (nSPS) is 22.7. The number of piperidine rings is 1. The first kappa shape index (κ1) is 12.5. The molecule has 88 valence electrons. The van der Waals surface area contributed by atoms with Crippen molar-refractivity contribution >= 4 is 5.91 Å². The summed E-state index contributed by atoms with van der Waals surface area (Å²) < 4.78 is 4.88. The predicted octanol–water partition coefficient (Wildman–Crippen LogP) is 0.623. The molecule has 0 aromatic heterocycles. The minimum atomic E-state index is 0.112. The van der Waals surface area contributed by atoms with Gasteiger partial charge in [-0.3, -0.25) is 9.69 Å². The summed E-state index contributed by atoms with van der Waals surface area (Å²) in [6, 6.07) is 0.548. The van der Waals surface area contributed by atoms with E-state index in [2.05, 4.69) is 17.1 Å². The van der Waals surface area contributed by atoms with Crippen LogP contribution in [0.4, 0.5) is 0 Å². The number of likely N-dealkylation sites (tertiary alicyclic amines) is 1. The summed E-state index contributed by atoms with van der Waals surface area (Å²) in [5.41, 5.74) is 0. The van der Waals surface area contributed by atoms with Gasteiger partial charge in [0.25, 0.3) is 0 Å². The van der Waals surface area contributed by atoms with E-state index in [9.17, 15) is 4.79 Å². The highest BCUT2D eigenvalue weighted by Crippen LogP contribution is 2.15. The lowest BCUT2D eigenvalue weighted by Crippen LogP contribution is -2.44. The quantitative estimate of drug-likeness (QED) is 0.682. The van der Waals surface area contributed by atoms with Gasteiger partial charge >= 0.3 is 0 Å². The van der Waals surface area contributed by atoms with Crippen molar-refractivity contribution in [3.8, 4) is 0 Å². The molecule has 1 N–H and O–H groups in total. The molecule has 4 nitrogen and oxygen atoms in total. The fourth-order valence-electron chi connectivity index (χ4n) is 1.93. The van der Waals surface area contributed by atoms with E-state index in [1.54, 1.807) is 7.11 Å². The fourth-order valence-corrected chi connectivity index (χ4v) is 1.93. The van der Waals surface area contributed by atoms with Gasteiger partial charge in [0.1, 0.15) is 0 Å². The Morgan fingerprint density at radius 2 is 2.33 bits per heavy atom. The van der Waals surface area contributed by atoms with Crippen LogP contribution in [-0.4, -0.2) is 50.2 Å². The van der Waals surface area contributed by atoms with Crippen molar-refractivity contribution in [3.05, 3.63) is 0 Å². The van der Waals surface area contributed by atoms with Crippen molar-refractivity contribution in [2.45, 2.75) is 32.2 Å². The van der Waals surface area contributed by atoms with Gasteiger partial charge in [0.05, 0.1) is 13.2 Å². The molecule has 0 bridgehead atoms. The Kier molecular flexibility index (Phi) is 5.65. The zero-order valence-corrected chi connectivity index (χ0v) is 9.79. The first-order valence-electron chi connectivity index (χ1n) is 5.73. The third kappa shape index (κ3) is 4.62. The molecular weight excluding hydrogens is 192 g/mol. The van der Waals surface area contributed by atoms with Gasteiger partial charge in [0, 0.05) is 19.7 Å². The number of methoxy groups -OCH3 is 1. The summed E-state index contributed by atoms with van der Waals surface area (Å²) in [6.07, 6.45) is 3.73. The Hall–Kier alpha value is -0.610. The molecule has 0 aromatic carbocycles. The van der Waals surface area contributed by atoms with E-state index in [0.717, 1.165) is 6.54 Å². The average Bonchev–Trinajstić information content (AvgIpc) is 2.22. The number of amides is 1. The zero-order chi connectivity index (χ0) is 11.1. The second kappa shape index (κ2) is 6.80. The molecule has 1 fully saturated rings. The molecule has 15 heavy (non-hydrogen) atoms. The fraction of sp³-hybridized carbons (Fsp3) is 0.909. The lowest BCUT2D eigenvalue weighted by atomic mass is 10.0. The SMILES string of the molecule is COCCNC(=O)CN1CCCCC1C. The van der Waals surface area contributed by atoms with Crippen LogP contribution in [0.5, 0.6) is 0 Å². The number of nitrogens with zero attached hydrogens (tertiary/aromatic N) is 1. The maximum atomic E-state index is 11.5. The van der Waals surface area contributed by atoms with Crippen molar-refractivity contribution in [3.63, 3.8) is 0 Å². The van der Waals surface area contributed by atoms with Gasteiger partial charge in [0.2, 0.25) is 5.91 Å². The maximum Gasteiger partial charge on any atom is 0.234 e. The highest BCUT2D eigenvalue weighted by molar-refractivity contribution is 5.78. The highest BCUT2D eigenvalue weighted by atomic mass is 16.5. The molecule has 1 aliphatic rings. The molecule has 0 radical (unpaired) electrons. The van der Waals surface area contributed by atoms with Crippen LogP contribution < -0.4 is 5.32 Å². The Balaban J connectivity index is 2.18. The van der Waals surface area contributed by atoms with Crippen LogP contribution in [0.2, 0.25) is 0 Å². The standard InChI is InChI=1S/C11H22N2O2/c1-10-5-3-4-7-13(10)9-11(14)12-6-8-15-2/h10H,3-9H2,1-2H3,(H,12,14). The molecule has 1 aliphatic heterocycles. The van der Waals surface area contributed by atoms with E-state index in [1.807, 2.05) is 0 Å². The van der Waals surface area contributed by atoms with Crippen LogP contribution in [-0.2, 0) is 9.53 Å². The van der Waals surface area contributed by atoms with Gasteiger partial charge < -0.3 is 10.1 Å². The molecule has 1 amide bonds. The predicted molar refractivity (Wildman–Crippen MR) is 59.8 cm³/mol. The third-order valence-corrected chi connectivity index (χ3v) is 2.92. The first-order valence-corrected chi connectivity index (χ1v) is 5.73. The number of carbonyl (C=O) groups excluding carboxylic acids is 1. The Bertz CT molecular complexity index is 197. The van der Waals surface area contributed by atoms with Crippen LogP contribution in [0.15, 0.2) is 0 Å². The number of carbonyl (C=O) groups is 1. The molecule has 0 aromatic rings. The van der Waals surface area contributed by atoms with Gasteiger partial charge in [-0.15, -0.1) is 0 Å². The van der Waals surface area contributed by atoms with Crippen molar-refractivity contribution in [1.82, 2.24) is 10.2 Å². The van der Waals surface area contributed by atoms with Gasteiger partial charge in [-0.05, 0) is 26.3 Å². The van der Waals surface area contributed by atoms with Gasteiger partial charge in [0.15, 0.2) is 0 Å². The Morgan fingerprint density at radius 1 is 1.53 bits per heavy atom. The van der Waals surface area contributed by atoms with Gasteiger partial charge in [-0.1, -0.05) is 6.42 Å². The summed E-state index contributed by atoms with van der Waals surface area (Å²) in [5, 5.41) is 2.85. The van der Waals surface area contributed by atoms with E-state index >= 15 is 0 Å². The number of nitrogens with one attached hydrogen (secondary N) is 1. The lowest BCUT2D eigenvalue weighted by molar-refractivity contribution is -0.123. The van der Waals surface area contributed by atoms with Crippen LogP contribution in [0, 0.1) is 0 Å². The van der Waals surface area contributed by atoms with Crippen LogP contribution in [0.25, 0.3) is 0 Å². The molecule has 1 unspecified atom stereocenters. The van der Waals surface area contributed by atoms with E-state index < -0.39 is 0 Å². The number of hydrogen-bond acceptors (Lipinski definition) is 3. The summed E-state index contributed by atoms with van der Waals surface area (Å²) in [7, 11) is 1.64.